The molecule has 0 spiro atoms. The van der Waals surface area contributed by atoms with Crippen molar-refractivity contribution in [1.82, 2.24) is 4.98 Å². The molecule has 2 atom stereocenters. The average molecular weight is 168 g/mol. The molecular formula is C8H12N2S. The monoisotopic (exact) mass is 168 g/mol. The third-order valence-electron chi connectivity index (χ3n) is 2.09. The van der Waals surface area contributed by atoms with E-state index < -0.39 is 0 Å². The normalized spacial score (nSPS) is 28.9. The summed E-state index contributed by atoms with van der Waals surface area (Å²) in [6, 6.07) is 0.391. The Morgan fingerprint density at radius 3 is 3.00 bits per heavy atom. The lowest BCUT2D eigenvalue weighted by Crippen LogP contribution is -2.01. The Hall–Kier alpha value is -0.410. The number of nitrogens with zero attached hydrogens (tertiary/aromatic N) is 1. The van der Waals surface area contributed by atoms with Crippen LogP contribution in [0.15, 0.2) is 5.38 Å². The number of thiazole rings is 1. The molecule has 2 nitrogen and oxygen atoms in total. The van der Waals surface area contributed by atoms with Crippen LogP contribution in [0.2, 0.25) is 0 Å². The van der Waals surface area contributed by atoms with Crippen LogP contribution in [0.3, 0.4) is 0 Å². The van der Waals surface area contributed by atoms with E-state index in [1.165, 1.54) is 10.7 Å². The lowest BCUT2D eigenvalue weighted by Gasteiger charge is -1.87. The number of hydrogen-bond acceptors (Lipinski definition) is 3. The van der Waals surface area contributed by atoms with Crippen molar-refractivity contribution in [2.24, 2.45) is 5.73 Å². The van der Waals surface area contributed by atoms with E-state index in [9.17, 15) is 0 Å². The molecule has 2 N–H and O–H groups in total. The van der Waals surface area contributed by atoms with Crippen molar-refractivity contribution in [2.75, 3.05) is 0 Å². The summed E-state index contributed by atoms with van der Waals surface area (Å²) in [4.78, 5) is 4.48. The quantitative estimate of drug-likeness (QED) is 0.727. The summed E-state index contributed by atoms with van der Waals surface area (Å²) in [6.45, 7) is 2.13. The van der Waals surface area contributed by atoms with Crippen LogP contribution >= 0.6 is 11.3 Å². The van der Waals surface area contributed by atoms with Gasteiger partial charge in [0.25, 0.3) is 0 Å². The molecule has 0 aliphatic heterocycles. The van der Waals surface area contributed by atoms with Crippen LogP contribution in [-0.2, 0) is 6.42 Å². The molecule has 0 radical (unpaired) electrons. The van der Waals surface area contributed by atoms with Crippen LogP contribution in [0.5, 0.6) is 0 Å². The molecule has 60 valence electrons. The zero-order valence-electron chi connectivity index (χ0n) is 6.58. The SMILES string of the molecule is CCc1nc(C2CC2N)cs1. The standard InChI is InChI=1S/C8H12N2S/c1-2-8-10-7(4-11-8)5-3-6(5)9/h4-6H,2-3,9H2,1H3. The largest absolute Gasteiger partial charge is 0.327 e. The molecule has 0 aromatic carbocycles. The molecule has 1 heterocycles. The highest BCUT2D eigenvalue weighted by molar-refractivity contribution is 7.09. The van der Waals surface area contributed by atoms with Gasteiger partial charge in [-0.3, -0.25) is 0 Å². The van der Waals surface area contributed by atoms with E-state index in [1.807, 2.05) is 0 Å². The Morgan fingerprint density at radius 2 is 2.55 bits per heavy atom. The molecule has 0 amide bonds. The maximum Gasteiger partial charge on any atom is 0.0925 e. The van der Waals surface area contributed by atoms with Crippen LogP contribution in [0, 0.1) is 0 Å². The molecule has 1 aliphatic carbocycles. The zero-order chi connectivity index (χ0) is 7.84. The molecular weight excluding hydrogens is 156 g/mol. The lowest BCUT2D eigenvalue weighted by molar-refractivity contribution is 0.938. The summed E-state index contributed by atoms with van der Waals surface area (Å²) >= 11 is 1.75. The molecule has 1 fully saturated rings. The fourth-order valence-corrected chi connectivity index (χ4v) is 2.02. The number of rotatable bonds is 2. The molecule has 3 heteroatoms. The van der Waals surface area contributed by atoms with Crippen molar-refractivity contribution in [1.29, 1.82) is 0 Å². The summed E-state index contributed by atoms with van der Waals surface area (Å²) in [5.74, 6) is 0.576. The molecule has 2 unspecified atom stereocenters. The fourth-order valence-electron chi connectivity index (χ4n) is 1.21. The first-order valence-corrected chi connectivity index (χ1v) is 4.89. The Labute approximate surface area is 70.5 Å². The second kappa shape index (κ2) is 2.57. The van der Waals surface area contributed by atoms with Crippen LogP contribution in [0.4, 0.5) is 0 Å². The van der Waals surface area contributed by atoms with E-state index in [0.717, 1.165) is 12.8 Å². The number of nitrogens with two attached hydrogens (primary N) is 1. The van der Waals surface area contributed by atoms with Gasteiger partial charge in [-0.25, -0.2) is 4.98 Å². The molecule has 0 saturated heterocycles. The van der Waals surface area contributed by atoms with Crippen LogP contribution < -0.4 is 5.73 Å². The van der Waals surface area contributed by atoms with Gasteiger partial charge in [-0.2, -0.15) is 0 Å². The van der Waals surface area contributed by atoms with E-state index in [2.05, 4.69) is 17.3 Å². The van der Waals surface area contributed by atoms with Gasteiger partial charge in [0.1, 0.15) is 0 Å². The van der Waals surface area contributed by atoms with Gasteiger partial charge in [0.05, 0.1) is 10.7 Å². The lowest BCUT2D eigenvalue weighted by atomic mass is 10.3. The maximum atomic E-state index is 5.71. The van der Waals surface area contributed by atoms with E-state index in [-0.39, 0.29) is 0 Å². The minimum absolute atomic E-state index is 0.391. The Kier molecular flexibility index (Phi) is 1.69. The molecule has 11 heavy (non-hydrogen) atoms. The van der Waals surface area contributed by atoms with Gasteiger partial charge >= 0.3 is 0 Å². The van der Waals surface area contributed by atoms with Gasteiger partial charge in [0.15, 0.2) is 0 Å². The predicted molar refractivity (Wildman–Crippen MR) is 46.8 cm³/mol. The Bertz CT molecular complexity index is 256. The fraction of sp³-hybridized carbons (Fsp3) is 0.625. The van der Waals surface area contributed by atoms with Crippen molar-refractivity contribution in [3.63, 3.8) is 0 Å². The molecule has 1 saturated carbocycles. The van der Waals surface area contributed by atoms with Crippen molar-refractivity contribution in [2.45, 2.75) is 31.7 Å². The summed E-state index contributed by atoms with van der Waals surface area (Å²) in [5, 5.41) is 3.38. The first-order valence-electron chi connectivity index (χ1n) is 4.01. The zero-order valence-corrected chi connectivity index (χ0v) is 7.40. The smallest absolute Gasteiger partial charge is 0.0925 e. The highest BCUT2D eigenvalue weighted by atomic mass is 32.1. The first-order chi connectivity index (χ1) is 5.31. The third kappa shape index (κ3) is 1.30. The van der Waals surface area contributed by atoms with Gasteiger partial charge in [-0.15, -0.1) is 11.3 Å². The van der Waals surface area contributed by atoms with E-state index in [1.54, 1.807) is 11.3 Å². The van der Waals surface area contributed by atoms with Crippen LogP contribution in [-0.4, -0.2) is 11.0 Å². The highest BCUT2D eigenvalue weighted by Gasteiger charge is 2.36. The number of aryl methyl sites for hydroxylation is 1. The van der Waals surface area contributed by atoms with Crippen molar-refractivity contribution in [3.8, 4) is 0 Å². The van der Waals surface area contributed by atoms with Gasteiger partial charge in [0.2, 0.25) is 0 Å². The van der Waals surface area contributed by atoms with E-state index in [4.69, 9.17) is 5.73 Å². The van der Waals surface area contributed by atoms with Gasteiger partial charge in [-0.1, -0.05) is 6.92 Å². The minimum Gasteiger partial charge on any atom is -0.327 e. The van der Waals surface area contributed by atoms with Crippen LogP contribution in [0.1, 0.15) is 30.0 Å². The summed E-state index contributed by atoms with van der Waals surface area (Å²) in [5.41, 5.74) is 6.94. The second-order valence-corrected chi connectivity index (χ2v) is 3.97. The first kappa shape index (κ1) is 7.25. The van der Waals surface area contributed by atoms with Crippen molar-refractivity contribution in [3.05, 3.63) is 16.1 Å². The van der Waals surface area contributed by atoms with Gasteiger partial charge in [0, 0.05) is 17.3 Å². The average Bonchev–Trinajstić information content (AvgIpc) is 2.59. The maximum absolute atomic E-state index is 5.71. The summed E-state index contributed by atoms with van der Waals surface area (Å²) in [7, 11) is 0. The van der Waals surface area contributed by atoms with Gasteiger partial charge < -0.3 is 5.73 Å². The van der Waals surface area contributed by atoms with Crippen molar-refractivity contribution >= 4 is 11.3 Å². The third-order valence-corrected chi connectivity index (χ3v) is 3.10. The Morgan fingerprint density at radius 1 is 1.82 bits per heavy atom. The molecule has 0 bridgehead atoms. The van der Waals surface area contributed by atoms with E-state index in [0.29, 0.717) is 12.0 Å². The number of hydrogen-bond donors (Lipinski definition) is 1. The molecule has 1 aliphatic rings. The molecule has 1 aromatic rings. The Balaban J connectivity index is 2.13. The minimum atomic E-state index is 0.391. The summed E-state index contributed by atoms with van der Waals surface area (Å²) in [6.07, 6.45) is 2.18. The van der Waals surface area contributed by atoms with E-state index >= 15 is 0 Å². The predicted octanol–water partition coefficient (Wildman–Crippen LogP) is 1.52. The summed E-state index contributed by atoms with van der Waals surface area (Å²) < 4.78 is 0. The second-order valence-electron chi connectivity index (χ2n) is 3.03. The highest BCUT2D eigenvalue weighted by Crippen LogP contribution is 2.39. The topological polar surface area (TPSA) is 38.9 Å². The molecule has 1 aromatic heterocycles. The van der Waals surface area contributed by atoms with Gasteiger partial charge in [-0.05, 0) is 12.8 Å². The number of aromatic nitrogens is 1. The van der Waals surface area contributed by atoms with Crippen molar-refractivity contribution < 1.29 is 0 Å². The molecule has 2 rings (SSSR count). The van der Waals surface area contributed by atoms with Crippen LogP contribution in [0.25, 0.3) is 0 Å².